The maximum absolute atomic E-state index is 5.35. The van der Waals surface area contributed by atoms with Crippen molar-refractivity contribution in [2.45, 2.75) is 19.8 Å². The minimum Gasteiger partial charge on any atom is -0.339 e. The van der Waals surface area contributed by atoms with Crippen molar-refractivity contribution in [3.05, 3.63) is 29.8 Å². The van der Waals surface area contributed by atoms with E-state index >= 15 is 0 Å². The molecule has 94 valence electrons. The summed E-state index contributed by atoms with van der Waals surface area (Å²) in [5.41, 5.74) is 1.72. The number of rotatable bonds is 3. The number of nitrogens with zero attached hydrogens (tertiary/aromatic N) is 3. The average Bonchev–Trinajstić information content (AvgIpc) is 2.75. The number of pyridine rings is 1. The summed E-state index contributed by atoms with van der Waals surface area (Å²) >= 11 is 0. The Morgan fingerprint density at radius 1 is 1.33 bits per heavy atom. The van der Waals surface area contributed by atoms with Crippen LogP contribution < -0.4 is 5.32 Å². The molecule has 0 aliphatic carbocycles. The van der Waals surface area contributed by atoms with Crippen LogP contribution in [0.4, 0.5) is 0 Å². The van der Waals surface area contributed by atoms with Crippen LogP contribution in [0.1, 0.15) is 24.4 Å². The number of aryl methyl sites for hydroxylation is 1. The molecule has 1 N–H and O–H groups in total. The fraction of sp³-hybridized carbons (Fsp3) is 0.462. The first-order chi connectivity index (χ1) is 8.74. The third-order valence-electron chi connectivity index (χ3n) is 3.47. The van der Waals surface area contributed by atoms with Gasteiger partial charge in [-0.25, -0.2) is 4.98 Å². The van der Waals surface area contributed by atoms with Gasteiger partial charge in [0.15, 0.2) is 0 Å². The Hall–Kier alpha value is -1.75. The lowest BCUT2D eigenvalue weighted by molar-refractivity contribution is 0.252. The van der Waals surface area contributed by atoms with Gasteiger partial charge in [0.2, 0.25) is 11.7 Å². The predicted molar refractivity (Wildman–Crippen MR) is 67.0 cm³/mol. The third kappa shape index (κ3) is 2.01. The summed E-state index contributed by atoms with van der Waals surface area (Å²) in [5.74, 6) is 2.19. The van der Waals surface area contributed by atoms with E-state index in [2.05, 4.69) is 27.4 Å². The summed E-state index contributed by atoms with van der Waals surface area (Å²) in [7, 11) is 0. The van der Waals surface area contributed by atoms with E-state index in [1.807, 2.05) is 25.1 Å². The van der Waals surface area contributed by atoms with Gasteiger partial charge in [-0.1, -0.05) is 18.1 Å². The van der Waals surface area contributed by atoms with E-state index in [1.54, 1.807) is 0 Å². The van der Waals surface area contributed by atoms with Gasteiger partial charge in [0, 0.05) is 11.6 Å². The van der Waals surface area contributed by atoms with Gasteiger partial charge in [0.25, 0.3) is 0 Å². The number of aromatic nitrogens is 3. The monoisotopic (exact) mass is 244 g/mol. The molecule has 1 aliphatic rings. The Balaban J connectivity index is 1.84. The zero-order valence-corrected chi connectivity index (χ0v) is 10.6. The highest BCUT2D eigenvalue weighted by atomic mass is 16.5. The first-order valence-corrected chi connectivity index (χ1v) is 6.22. The standard InChI is InChI=1S/C13H16N4O/c1-8-4-3-5-11(15-8)12-16-13(18-17-12)9(2)10-6-14-7-10/h3-5,9-10,14H,6-7H2,1-2H3. The molecule has 1 saturated heterocycles. The van der Waals surface area contributed by atoms with Crippen LogP contribution in [-0.2, 0) is 0 Å². The van der Waals surface area contributed by atoms with Crippen LogP contribution in [0.5, 0.6) is 0 Å². The molecular formula is C13H16N4O. The van der Waals surface area contributed by atoms with Crippen molar-refractivity contribution < 1.29 is 4.52 Å². The highest BCUT2D eigenvalue weighted by Crippen LogP contribution is 2.27. The maximum atomic E-state index is 5.35. The highest BCUT2D eigenvalue weighted by Gasteiger charge is 2.28. The molecule has 0 aromatic carbocycles. The molecule has 1 unspecified atom stereocenters. The lowest BCUT2D eigenvalue weighted by Gasteiger charge is -2.30. The van der Waals surface area contributed by atoms with Crippen molar-refractivity contribution in [1.82, 2.24) is 20.4 Å². The molecular weight excluding hydrogens is 228 g/mol. The van der Waals surface area contributed by atoms with E-state index in [9.17, 15) is 0 Å². The molecule has 1 fully saturated rings. The molecule has 0 amide bonds. The van der Waals surface area contributed by atoms with E-state index in [-0.39, 0.29) is 0 Å². The lowest BCUT2D eigenvalue weighted by atomic mass is 9.89. The van der Waals surface area contributed by atoms with E-state index < -0.39 is 0 Å². The van der Waals surface area contributed by atoms with Gasteiger partial charge in [-0.3, -0.25) is 0 Å². The van der Waals surface area contributed by atoms with E-state index in [0.29, 0.717) is 23.6 Å². The van der Waals surface area contributed by atoms with Crippen molar-refractivity contribution >= 4 is 0 Å². The molecule has 0 spiro atoms. The Kier molecular flexibility index (Phi) is 2.83. The maximum Gasteiger partial charge on any atom is 0.230 e. The van der Waals surface area contributed by atoms with Crippen molar-refractivity contribution in [3.63, 3.8) is 0 Å². The first kappa shape index (κ1) is 11.3. The molecule has 0 bridgehead atoms. The molecule has 3 rings (SSSR count). The van der Waals surface area contributed by atoms with Crippen molar-refractivity contribution in [2.75, 3.05) is 13.1 Å². The fourth-order valence-electron chi connectivity index (χ4n) is 2.06. The Bertz CT molecular complexity index is 547. The molecule has 0 saturated carbocycles. The predicted octanol–water partition coefficient (Wildman–Crippen LogP) is 1.76. The van der Waals surface area contributed by atoms with Gasteiger partial charge in [-0.05, 0) is 38.1 Å². The van der Waals surface area contributed by atoms with Crippen LogP contribution in [0.3, 0.4) is 0 Å². The zero-order valence-electron chi connectivity index (χ0n) is 10.6. The molecule has 1 aliphatic heterocycles. The van der Waals surface area contributed by atoms with Gasteiger partial charge in [0.05, 0.1) is 0 Å². The topological polar surface area (TPSA) is 63.8 Å². The van der Waals surface area contributed by atoms with Crippen LogP contribution in [0.2, 0.25) is 0 Å². The normalized spacial score (nSPS) is 17.4. The van der Waals surface area contributed by atoms with Crippen molar-refractivity contribution in [1.29, 1.82) is 0 Å². The second-order valence-electron chi connectivity index (χ2n) is 4.83. The summed E-state index contributed by atoms with van der Waals surface area (Å²) in [4.78, 5) is 8.85. The van der Waals surface area contributed by atoms with Crippen LogP contribution in [0, 0.1) is 12.8 Å². The zero-order chi connectivity index (χ0) is 12.5. The molecule has 0 radical (unpaired) electrons. The van der Waals surface area contributed by atoms with Gasteiger partial charge < -0.3 is 9.84 Å². The number of hydrogen-bond acceptors (Lipinski definition) is 5. The van der Waals surface area contributed by atoms with Crippen molar-refractivity contribution in [2.24, 2.45) is 5.92 Å². The van der Waals surface area contributed by atoms with Crippen LogP contribution in [-0.4, -0.2) is 28.2 Å². The summed E-state index contributed by atoms with van der Waals surface area (Å²) in [5, 5.41) is 7.28. The number of nitrogens with one attached hydrogen (secondary N) is 1. The average molecular weight is 244 g/mol. The Labute approximate surface area is 106 Å². The SMILES string of the molecule is Cc1cccc(-c2noc(C(C)C3CNC3)n2)n1. The van der Waals surface area contributed by atoms with Gasteiger partial charge >= 0.3 is 0 Å². The molecule has 2 aromatic heterocycles. The fourth-order valence-corrected chi connectivity index (χ4v) is 2.06. The van der Waals surface area contributed by atoms with Crippen molar-refractivity contribution in [3.8, 4) is 11.5 Å². The first-order valence-electron chi connectivity index (χ1n) is 6.22. The lowest BCUT2D eigenvalue weighted by Crippen LogP contribution is -2.44. The molecule has 1 atom stereocenters. The van der Waals surface area contributed by atoms with Crippen LogP contribution in [0.15, 0.2) is 22.7 Å². The molecule has 5 nitrogen and oxygen atoms in total. The highest BCUT2D eigenvalue weighted by molar-refractivity contribution is 5.48. The molecule has 5 heteroatoms. The van der Waals surface area contributed by atoms with Gasteiger partial charge in [0.1, 0.15) is 5.69 Å². The summed E-state index contributed by atoms with van der Waals surface area (Å²) in [6, 6.07) is 5.80. The van der Waals surface area contributed by atoms with E-state index in [0.717, 1.165) is 24.5 Å². The second-order valence-corrected chi connectivity index (χ2v) is 4.83. The molecule has 18 heavy (non-hydrogen) atoms. The third-order valence-corrected chi connectivity index (χ3v) is 3.47. The Morgan fingerprint density at radius 3 is 2.83 bits per heavy atom. The number of hydrogen-bond donors (Lipinski definition) is 1. The van der Waals surface area contributed by atoms with E-state index in [4.69, 9.17) is 4.52 Å². The quantitative estimate of drug-likeness (QED) is 0.891. The minimum atomic E-state index is 0.303. The van der Waals surface area contributed by atoms with Gasteiger partial charge in [-0.2, -0.15) is 4.98 Å². The minimum absolute atomic E-state index is 0.303. The Morgan fingerprint density at radius 2 is 2.17 bits per heavy atom. The summed E-state index contributed by atoms with van der Waals surface area (Å²) < 4.78 is 5.35. The van der Waals surface area contributed by atoms with Gasteiger partial charge in [-0.15, -0.1) is 0 Å². The smallest absolute Gasteiger partial charge is 0.230 e. The largest absolute Gasteiger partial charge is 0.339 e. The van der Waals surface area contributed by atoms with E-state index in [1.165, 1.54) is 0 Å². The van der Waals surface area contributed by atoms with Crippen LogP contribution >= 0.6 is 0 Å². The molecule has 3 heterocycles. The summed E-state index contributed by atoms with van der Waals surface area (Å²) in [6.07, 6.45) is 0. The second kappa shape index (κ2) is 4.49. The van der Waals surface area contributed by atoms with Crippen LogP contribution in [0.25, 0.3) is 11.5 Å². The summed E-state index contributed by atoms with van der Waals surface area (Å²) in [6.45, 7) is 6.14. The molecule has 2 aromatic rings.